The van der Waals surface area contributed by atoms with E-state index < -0.39 is 64.2 Å². The Kier molecular flexibility index (Phi) is 9.38. The summed E-state index contributed by atoms with van der Waals surface area (Å²) in [6.07, 6.45) is 0. The third-order valence-corrected chi connectivity index (χ3v) is 5.53. The fourth-order valence-corrected chi connectivity index (χ4v) is 4.05. The quantitative estimate of drug-likeness (QED) is 0.218. The van der Waals surface area contributed by atoms with Gasteiger partial charge in [-0.05, 0) is 36.4 Å². The van der Waals surface area contributed by atoms with E-state index in [1.807, 2.05) is 0 Å². The summed E-state index contributed by atoms with van der Waals surface area (Å²) in [6.45, 7) is 2.79. The van der Waals surface area contributed by atoms with E-state index >= 15 is 0 Å². The first kappa shape index (κ1) is 27.2. The van der Waals surface area contributed by atoms with Crippen molar-refractivity contribution in [1.29, 1.82) is 0 Å². The van der Waals surface area contributed by atoms with Crippen molar-refractivity contribution in [2.24, 2.45) is 0 Å². The molecule has 10 nitrogen and oxygen atoms in total. The molecule has 162 valence electrons. The number of rotatable bonds is 7. The van der Waals surface area contributed by atoms with E-state index in [1.165, 1.54) is 19.9 Å². The molecule has 0 saturated heterocycles. The number of hydrogen-bond donors (Lipinski definition) is 2. The molecule has 0 fully saturated rings. The van der Waals surface area contributed by atoms with Crippen LogP contribution < -0.4 is 29.6 Å². The number of carbonyl (C=O) groups excluding carboxylic acids is 2. The van der Waals surface area contributed by atoms with Gasteiger partial charge in [0.1, 0.15) is 4.90 Å². The van der Waals surface area contributed by atoms with Crippen molar-refractivity contribution in [3.05, 3.63) is 47.5 Å². The molecule has 0 aliphatic carbocycles. The molecule has 13 heteroatoms. The Morgan fingerprint density at radius 2 is 1.48 bits per heavy atom. The minimum atomic E-state index is -5.09. The SMILES string of the molecule is CCOC(=O)c1cc(C(=O)OCC)c(-c2cc[c-]cc2S(=O)(=O)O)c(S(=O)(=O)O)c1.[Na+]. The summed E-state index contributed by atoms with van der Waals surface area (Å²) >= 11 is 0. The van der Waals surface area contributed by atoms with Gasteiger partial charge < -0.3 is 9.47 Å². The molecule has 2 N–H and O–H groups in total. The molecule has 31 heavy (non-hydrogen) atoms. The number of hydrogen-bond acceptors (Lipinski definition) is 8. The topological polar surface area (TPSA) is 161 Å². The minimum absolute atomic E-state index is 0. The summed E-state index contributed by atoms with van der Waals surface area (Å²) in [6, 6.07) is 7.22. The fourth-order valence-electron chi connectivity index (χ4n) is 2.63. The van der Waals surface area contributed by atoms with Crippen LogP contribution in [0.1, 0.15) is 34.6 Å². The Morgan fingerprint density at radius 3 is 2.00 bits per heavy atom. The van der Waals surface area contributed by atoms with E-state index in [4.69, 9.17) is 9.47 Å². The summed E-state index contributed by atoms with van der Waals surface area (Å²) in [5, 5.41) is 0. The van der Waals surface area contributed by atoms with E-state index in [0.29, 0.717) is 0 Å². The zero-order valence-electron chi connectivity index (χ0n) is 16.8. The van der Waals surface area contributed by atoms with Crippen LogP contribution in [0, 0.1) is 6.07 Å². The van der Waals surface area contributed by atoms with Gasteiger partial charge in [-0.2, -0.15) is 32.7 Å². The van der Waals surface area contributed by atoms with Crippen molar-refractivity contribution in [1.82, 2.24) is 0 Å². The van der Waals surface area contributed by atoms with Gasteiger partial charge in [-0.15, -0.1) is 5.56 Å². The Labute approximate surface area is 201 Å². The van der Waals surface area contributed by atoms with Gasteiger partial charge in [0.2, 0.25) is 10.1 Å². The molecule has 0 aromatic heterocycles. The number of carbonyl (C=O) groups is 2. The van der Waals surface area contributed by atoms with Gasteiger partial charge in [0, 0.05) is 0 Å². The molecular formula is C18H17NaO10S2. The molecule has 0 saturated carbocycles. The Hall–Kier alpha value is -1.80. The standard InChI is InChI=1S/C18H17O10S2.Na/c1-3-27-17(19)11-9-13(18(20)28-4-2)16(15(10-11)30(24,25)26)12-7-5-6-8-14(12)29(21,22)23;/h5,7-10H,3-4H2,1-2H3,(H,21,22,23)(H,24,25,26);/q-1;+1. The molecule has 0 unspecified atom stereocenters. The van der Waals surface area contributed by atoms with Gasteiger partial charge >= 0.3 is 41.5 Å². The first-order valence-corrected chi connectivity index (χ1v) is 11.3. The molecule has 0 bridgehead atoms. The second kappa shape index (κ2) is 10.7. The second-order valence-electron chi connectivity index (χ2n) is 5.71. The molecule has 0 spiro atoms. The molecule has 0 amide bonds. The van der Waals surface area contributed by atoms with Crippen LogP contribution in [-0.2, 0) is 29.7 Å². The molecule has 2 aromatic carbocycles. The van der Waals surface area contributed by atoms with Crippen LogP contribution in [0.25, 0.3) is 11.1 Å². The van der Waals surface area contributed by atoms with Crippen molar-refractivity contribution >= 4 is 32.2 Å². The van der Waals surface area contributed by atoms with Crippen LogP contribution in [-0.4, -0.2) is 51.1 Å². The number of ether oxygens (including phenoxy) is 2. The van der Waals surface area contributed by atoms with Gasteiger partial charge in [-0.3, -0.25) is 9.11 Å². The van der Waals surface area contributed by atoms with E-state index in [1.54, 1.807) is 0 Å². The van der Waals surface area contributed by atoms with Crippen LogP contribution in [0.4, 0.5) is 0 Å². The first-order valence-electron chi connectivity index (χ1n) is 8.39. The molecule has 0 aliphatic heterocycles. The molecule has 2 aromatic rings. The second-order valence-corrected chi connectivity index (χ2v) is 8.49. The molecule has 0 aliphatic rings. The summed E-state index contributed by atoms with van der Waals surface area (Å²) in [5.41, 5.74) is -1.94. The van der Waals surface area contributed by atoms with Gasteiger partial charge in [-0.25, -0.2) is 18.0 Å². The smallest absolute Gasteiger partial charge is 0.462 e. The van der Waals surface area contributed by atoms with Crippen molar-refractivity contribution in [3.63, 3.8) is 0 Å². The Balaban J connectivity index is 0.00000480. The third kappa shape index (κ3) is 6.35. The van der Waals surface area contributed by atoms with E-state index in [2.05, 4.69) is 6.07 Å². The third-order valence-electron chi connectivity index (χ3n) is 3.76. The van der Waals surface area contributed by atoms with Gasteiger partial charge in [0.25, 0.3) is 10.1 Å². The van der Waals surface area contributed by atoms with Crippen LogP contribution in [0.2, 0.25) is 0 Å². The zero-order chi connectivity index (χ0) is 22.7. The first-order chi connectivity index (χ1) is 13.9. The monoisotopic (exact) mass is 480 g/mol. The average Bonchev–Trinajstić information content (AvgIpc) is 2.66. The van der Waals surface area contributed by atoms with E-state index in [-0.39, 0.29) is 42.8 Å². The van der Waals surface area contributed by atoms with Gasteiger partial charge in [0.05, 0.1) is 24.3 Å². The Morgan fingerprint density at radius 1 is 0.935 bits per heavy atom. The van der Waals surface area contributed by atoms with Gasteiger partial charge in [0.15, 0.2) is 0 Å². The average molecular weight is 480 g/mol. The van der Waals surface area contributed by atoms with Crippen LogP contribution in [0.5, 0.6) is 0 Å². The van der Waals surface area contributed by atoms with Crippen LogP contribution >= 0.6 is 0 Å². The predicted octanol–water partition coefficient (Wildman–Crippen LogP) is -0.995. The van der Waals surface area contributed by atoms with Crippen molar-refractivity contribution in [2.75, 3.05) is 13.2 Å². The van der Waals surface area contributed by atoms with Crippen LogP contribution in [0.3, 0.4) is 0 Å². The maximum Gasteiger partial charge on any atom is 1.00 e. The number of benzene rings is 2. The minimum Gasteiger partial charge on any atom is -0.462 e. The van der Waals surface area contributed by atoms with Crippen molar-refractivity contribution in [3.8, 4) is 11.1 Å². The largest absolute Gasteiger partial charge is 1.00 e. The summed E-state index contributed by atoms with van der Waals surface area (Å²) < 4.78 is 76.7. The molecule has 0 radical (unpaired) electrons. The van der Waals surface area contributed by atoms with E-state index in [0.717, 1.165) is 24.3 Å². The molecular weight excluding hydrogens is 463 g/mol. The van der Waals surface area contributed by atoms with Crippen molar-refractivity contribution in [2.45, 2.75) is 23.6 Å². The maximum atomic E-state index is 12.5. The van der Waals surface area contributed by atoms with Gasteiger partial charge in [-0.1, -0.05) is 0 Å². The molecule has 0 atom stereocenters. The zero-order valence-corrected chi connectivity index (χ0v) is 20.4. The fraction of sp³-hybridized carbons (Fsp3) is 0.222. The molecule has 2 rings (SSSR count). The normalized spacial score (nSPS) is 11.4. The van der Waals surface area contributed by atoms with Crippen LogP contribution in [0.15, 0.2) is 40.1 Å². The summed E-state index contributed by atoms with van der Waals surface area (Å²) in [5.74, 6) is -2.09. The summed E-state index contributed by atoms with van der Waals surface area (Å²) in [4.78, 5) is 23.0. The number of esters is 2. The predicted molar refractivity (Wildman–Crippen MR) is 102 cm³/mol. The van der Waals surface area contributed by atoms with Crippen molar-refractivity contribution < 1.29 is 74.6 Å². The summed E-state index contributed by atoms with van der Waals surface area (Å²) in [7, 11) is -9.97. The Bertz CT molecular complexity index is 1200. The maximum absolute atomic E-state index is 12.5. The van der Waals surface area contributed by atoms with E-state index in [9.17, 15) is 35.5 Å². The molecule has 0 heterocycles.